The van der Waals surface area contributed by atoms with Crippen molar-refractivity contribution in [1.82, 2.24) is 0 Å². The number of fused-ring (bicyclic) bond motifs is 2. The Labute approximate surface area is 203 Å². The number of benzene rings is 2. The van der Waals surface area contributed by atoms with Crippen molar-refractivity contribution < 1.29 is 20.1 Å². The number of carbonyl (C=O) groups excluding carboxylic acids is 1. The van der Waals surface area contributed by atoms with Gasteiger partial charge in [0.1, 0.15) is 17.6 Å². The number of phenols is 2. The van der Waals surface area contributed by atoms with Crippen molar-refractivity contribution in [3.05, 3.63) is 91.6 Å². The molecule has 1 aliphatic rings. The van der Waals surface area contributed by atoms with E-state index in [-0.39, 0.29) is 22.8 Å². The highest BCUT2D eigenvalue weighted by Crippen LogP contribution is 2.48. The van der Waals surface area contributed by atoms with Crippen LogP contribution in [0.1, 0.15) is 96.9 Å². The van der Waals surface area contributed by atoms with Gasteiger partial charge in [0.15, 0.2) is 5.78 Å². The zero-order valence-corrected chi connectivity index (χ0v) is 21.3. The molecule has 3 rings (SSSR count). The van der Waals surface area contributed by atoms with Crippen molar-refractivity contribution in [2.24, 2.45) is 0 Å². The Hall–Kier alpha value is -3.11. The molecule has 0 fully saturated rings. The fraction of sp³-hybridized carbons (Fsp3) is 0.367. The summed E-state index contributed by atoms with van der Waals surface area (Å²) >= 11 is 0. The van der Waals surface area contributed by atoms with Gasteiger partial charge in [0, 0.05) is 22.3 Å². The number of ketones is 1. The summed E-state index contributed by atoms with van der Waals surface area (Å²) in [5.41, 5.74) is 7.36. The van der Waals surface area contributed by atoms with E-state index >= 15 is 0 Å². The molecule has 2 aromatic rings. The summed E-state index contributed by atoms with van der Waals surface area (Å²) in [6.45, 7) is 13.8. The number of carbonyl (C=O) groups is 1. The molecule has 1 aliphatic carbocycles. The quantitative estimate of drug-likeness (QED) is 0.427. The monoisotopic (exact) mass is 460 g/mol. The van der Waals surface area contributed by atoms with Gasteiger partial charge in [0.25, 0.3) is 0 Å². The predicted molar refractivity (Wildman–Crippen MR) is 138 cm³/mol. The second kappa shape index (κ2) is 10.0. The summed E-state index contributed by atoms with van der Waals surface area (Å²) in [5, 5.41) is 34.1. The van der Waals surface area contributed by atoms with Gasteiger partial charge in [0.05, 0.1) is 5.56 Å². The fourth-order valence-electron chi connectivity index (χ4n) is 4.54. The summed E-state index contributed by atoms with van der Waals surface area (Å²) < 4.78 is 0. The minimum Gasteiger partial charge on any atom is -0.507 e. The van der Waals surface area contributed by atoms with E-state index < -0.39 is 6.10 Å². The molecular weight excluding hydrogens is 424 g/mol. The highest BCUT2D eigenvalue weighted by atomic mass is 16.3. The fourth-order valence-corrected chi connectivity index (χ4v) is 4.54. The minimum atomic E-state index is -1.13. The third-order valence-electron chi connectivity index (χ3n) is 6.44. The first-order chi connectivity index (χ1) is 16.0. The maximum atomic E-state index is 13.8. The molecule has 1 atom stereocenters. The molecule has 0 heterocycles. The predicted octanol–water partition coefficient (Wildman–Crippen LogP) is 6.56. The number of aliphatic hydroxyl groups is 1. The van der Waals surface area contributed by atoms with Gasteiger partial charge in [0.2, 0.25) is 0 Å². The van der Waals surface area contributed by atoms with Crippen LogP contribution in [0.15, 0.2) is 47.1 Å². The molecule has 180 valence electrons. The van der Waals surface area contributed by atoms with Gasteiger partial charge in [-0.1, -0.05) is 47.1 Å². The van der Waals surface area contributed by atoms with Crippen LogP contribution in [-0.2, 0) is 19.3 Å². The van der Waals surface area contributed by atoms with Gasteiger partial charge in [-0.25, -0.2) is 0 Å². The molecule has 0 saturated heterocycles. The van der Waals surface area contributed by atoms with Gasteiger partial charge in [-0.05, 0) is 84.4 Å². The second-order valence-electron chi connectivity index (χ2n) is 9.95. The molecular formula is C30H36O4. The normalized spacial score (nSPS) is 14.2. The number of allylic oxidation sites excluding steroid dienone is 6. The van der Waals surface area contributed by atoms with Crippen molar-refractivity contribution in [1.29, 1.82) is 0 Å². The van der Waals surface area contributed by atoms with Crippen molar-refractivity contribution in [2.75, 3.05) is 0 Å². The number of hydrogen-bond donors (Lipinski definition) is 3. The van der Waals surface area contributed by atoms with Crippen molar-refractivity contribution in [3.63, 3.8) is 0 Å². The van der Waals surface area contributed by atoms with E-state index in [0.717, 1.165) is 27.8 Å². The largest absolute Gasteiger partial charge is 0.507 e. The highest BCUT2D eigenvalue weighted by molar-refractivity contribution is 6.15. The first-order valence-corrected chi connectivity index (χ1v) is 11.8. The Morgan fingerprint density at radius 1 is 0.765 bits per heavy atom. The van der Waals surface area contributed by atoms with Crippen LogP contribution in [-0.4, -0.2) is 21.1 Å². The summed E-state index contributed by atoms with van der Waals surface area (Å²) in [7, 11) is 0. The molecule has 0 unspecified atom stereocenters. The number of phenolic OH excluding ortho intramolecular Hbond substituents is 2. The van der Waals surface area contributed by atoms with E-state index in [1.54, 1.807) is 6.07 Å². The summed E-state index contributed by atoms with van der Waals surface area (Å²) in [4.78, 5) is 13.8. The molecule has 34 heavy (non-hydrogen) atoms. The Bertz CT molecular complexity index is 1230. The van der Waals surface area contributed by atoms with E-state index in [2.05, 4.69) is 6.08 Å². The topological polar surface area (TPSA) is 77.8 Å². The summed E-state index contributed by atoms with van der Waals surface area (Å²) in [6, 6.07) is 3.64. The number of aromatic hydroxyl groups is 2. The molecule has 0 aromatic heterocycles. The lowest BCUT2D eigenvalue weighted by Gasteiger charge is -2.31. The molecule has 3 N–H and O–H groups in total. The van der Waals surface area contributed by atoms with Crippen molar-refractivity contribution in [2.45, 2.75) is 73.8 Å². The average molecular weight is 461 g/mol. The number of rotatable bonds is 6. The van der Waals surface area contributed by atoms with Crippen molar-refractivity contribution >= 4 is 5.78 Å². The lowest BCUT2D eigenvalue weighted by Crippen LogP contribution is -2.24. The van der Waals surface area contributed by atoms with Crippen LogP contribution in [0.3, 0.4) is 0 Å². The molecule has 2 aromatic carbocycles. The smallest absolute Gasteiger partial charge is 0.197 e. The summed E-state index contributed by atoms with van der Waals surface area (Å²) in [5.74, 6) is -0.615. The van der Waals surface area contributed by atoms with Crippen LogP contribution in [0.2, 0.25) is 0 Å². The van der Waals surface area contributed by atoms with Gasteiger partial charge in [-0.3, -0.25) is 4.79 Å². The maximum absolute atomic E-state index is 13.8. The standard InChI is InChI=1S/C30H36O4/c1-16(2)8-12-20-19(7)11-15-21-24(20)30(34)25-22(13-9-17(3)4)27(31)23(14-10-18(5)6)29(33)26(25)28(21)32/h8-11,15,30-31,33-34H,12-14H2,1-7H3/t30-/m0/s1. The van der Waals surface area contributed by atoms with E-state index in [1.807, 2.05) is 66.7 Å². The molecule has 0 spiro atoms. The Balaban J connectivity index is 2.36. The first kappa shape index (κ1) is 25.5. The van der Waals surface area contributed by atoms with Gasteiger partial charge >= 0.3 is 0 Å². The minimum absolute atomic E-state index is 0.0555. The van der Waals surface area contributed by atoms with E-state index in [9.17, 15) is 20.1 Å². The number of aryl methyl sites for hydroxylation is 1. The third-order valence-corrected chi connectivity index (χ3v) is 6.44. The van der Waals surface area contributed by atoms with E-state index in [0.29, 0.717) is 47.1 Å². The van der Waals surface area contributed by atoms with Gasteiger partial charge in [-0.15, -0.1) is 0 Å². The van der Waals surface area contributed by atoms with Crippen LogP contribution >= 0.6 is 0 Å². The van der Waals surface area contributed by atoms with Gasteiger partial charge < -0.3 is 15.3 Å². The van der Waals surface area contributed by atoms with E-state index in [4.69, 9.17) is 0 Å². The molecule has 4 heteroatoms. The molecule has 0 bridgehead atoms. The molecule has 0 aliphatic heterocycles. The molecule has 0 amide bonds. The van der Waals surface area contributed by atoms with E-state index in [1.165, 1.54) is 0 Å². The van der Waals surface area contributed by atoms with Crippen LogP contribution in [0.5, 0.6) is 11.5 Å². The lowest BCUT2D eigenvalue weighted by atomic mass is 9.75. The van der Waals surface area contributed by atoms with Crippen molar-refractivity contribution in [3.8, 4) is 11.5 Å². The average Bonchev–Trinajstić information content (AvgIpc) is 2.74. The zero-order valence-electron chi connectivity index (χ0n) is 21.3. The molecule has 4 nitrogen and oxygen atoms in total. The number of aliphatic hydroxyl groups excluding tert-OH is 1. The number of hydrogen-bond acceptors (Lipinski definition) is 4. The third kappa shape index (κ3) is 4.74. The first-order valence-electron chi connectivity index (χ1n) is 11.8. The lowest BCUT2D eigenvalue weighted by molar-refractivity contribution is 0.101. The Morgan fingerprint density at radius 2 is 1.26 bits per heavy atom. The van der Waals surface area contributed by atoms with Crippen LogP contribution < -0.4 is 0 Å². The van der Waals surface area contributed by atoms with Crippen LogP contribution in [0.25, 0.3) is 0 Å². The molecule has 0 radical (unpaired) electrons. The second-order valence-corrected chi connectivity index (χ2v) is 9.95. The zero-order chi connectivity index (χ0) is 25.3. The van der Waals surface area contributed by atoms with Gasteiger partial charge in [-0.2, -0.15) is 0 Å². The Morgan fingerprint density at radius 3 is 1.79 bits per heavy atom. The van der Waals surface area contributed by atoms with Crippen LogP contribution in [0, 0.1) is 6.92 Å². The Kier molecular flexibility index (Phi) is 7.52. The molecule has 0 saturated carbocycles. The summed E-state index contributed by atoms with van der Waals surface area (Å²) in [6.07, 6.45) is 6.07. The van der Waals surface area contributed by atoms with Crippen LogP contribution in [0.4, 0.5) is 0 Å². The maximum Gasteiger partial charge on any atom is 0.197 e. The highest BCUT2D eigenvalue weighted by Gasteiger charge is 2.38. The SMILES string of the molecule is CC(C)=CCc1c(O)c(CC=C(C)C)c2c(c1O)C(=O)c1ccc(C)c(CC=C(C)C)c1[C@@H]2O.